The number of para-hydroxylation sites is 1. The van der Waals surface area contributed by atoms with Crippen molar-refractivity contribution in [3.05, 3.63) is 82.9 Å². The summed E-state index contributed by atoms with van der Waals surface area (Å²) >= 11 is 7.56. The van der Waals surface area contributed by atoms with E-state index in [2.05, 4.69) is 10.3 Å². The van der Waals surface area contributed by atoms with Gasteiger partial charge in [0.25, 0.3) is 5.91 Å². The van der Waals surface area contributed by atoms with Crippen molar-refractivity contribution >= 4 is 44.7 Å². The molecule has 0 aliphatic rings. The molecule has 0 radical (unpaired) electrons. The SMILES string of the molecule is O=C(Nc1cc(Cl)ccc1-c1nc2ccccc2s1)c1ccc(C(F)(F)F)cc1. The van der Waals surface area contributed by atoms with E-state index in [4.69, 9.17) is 11.6 Å². The van der Waals surface area contributed by atoms with E-state index in [1.807, 2.05) is 24.3 Å². The van der Waals surface area contributed by atoms with Gasteiger partial charge in [-0.25, -0.2) is 4.98 Å². The van der Waals surface area contributed by atoms with Gasteiger partial charge in [0.1, 0.15) is 5.01 Å². The number of alkyl halides is 3. The Labute approximate surface area is 172 Å². The lowest BCUT2D eigenvalue weighted by Gasteiger charge is -2.11. The zero-order valence-electron chi connectivity index (χ0n) is 14.6. The van der Waals surface area contributed by atoms with Crippen LogP contribution in [0.15, 0.2) is 66.7 Å². The molecule has 4 aromatic rings. The van der Waals surface area contributed by atoms with E-state index in [1.54, 1.807) is 18.2 Å². The Morgan fingerprint density at radius 2 is 1.72 bits per heavy atom. The normalized spacial score (nSPS) is 11.6. The fourth-order valence-electron chi connectivity index (χ4n) is 2.80. The van der Waals surface area contributed by atoms with E-state index in [0.717, 1.165) is 34.5 Å². The molecule has 1 amide bonds. The molecule has 8 heteroatoms. The van der Waals surface area contributed by atoms with Gasteiger partial charge in [0.2, 0.25) is 0 Å². The van der Waals surface area contributed by atoms with Crippen molar-refractivity contribution in [3.8, 4) is 10.6 Å². The number of thiazole rings is 1. The average molecular weight is 433 g/mol. The zero-order chi connectivity index (χ0) is 20.6. The topological polar surface area (TPSA) is 42.0 Å². The second kappa shape index (κ2) is 7.50. The van der Waals surface area contributed by atoms with Crippen molar-refractivity contribution in [2.75, 3.05) is 5.32 Å². The molecule has 0 saturated heterocycles. The fraction of sp³-hybridized carbons (Fsp3) is 0.0476. The van der Waals surface area contributed by atoms with Gasteiger partial charge in [0, 0.05) is 16.1 Å². The molecule has 0 atom stereocenters. The van der Waals surface area contributed by atoms with Gasteiger partial charge in [-0.15, -0.1) is 11.3 Å². The third kappa shape index (κ3) is 4.11. The molecule has 0 fully saturated rings. The molecule has 29 heavy (non-hydrogen) atoms. The van der Waals surface area contributed by atoms with Crippen molar-refractivity contribution < 1.29 is 18.0 Å². The molecule has 1 heterocycles. The largest absolute Gasteiger partial charge is 0.416 e. The van der Waals surface area contributed by atoms with E-state index in [-0.39, 0.29) is 5.56 Å². The van der Waals surface area contributed by atoms with Gasteiger partial charge < -0.3 is 5.32 Å². The van der Waals surface area contributed by atoms with E-state index >= 15 is 0 Å². The molecule has 0 aliphatic heterocycles. The molecule has 4 rings (SSSR count). The molecule has 1 aromatic heterocycles. The van der Waals surface area contributed by atoms with Gasteiger partial charge in [0.15, 0.2) is 0 Å². The Kier molecular flexibility index (Phi) is 5.02. The number of amides is 1. The van der Waals surface area contributed by atoms with Crippen LogP contribution in [0, 0.1) is 0 Å². The predicted octanol–water partition coefficient (Wildman–Crippen LogP) is 6.89. The highest BCUT2D eigenvalue weighted by Gasteiger charge is 2.30. The van der Waals surface area contributed by atoms with Crippen LogP contribution < -0.4 is 5.32 Å². The number of aromatic nitrogens is 1. The van der Waals surface area contributed by atoms with Crippen molar-refractivity contribution in [1.82, 2.24) is 4.98 Å². The molecule has 0 spiro atoms. The van der Waals surface area contributed by atoms with Gasteiger partial charge in [0.05, 0.1) is 21.5 Å². The summed E-state index contributed by atoms with van der Waals surface area (Å²) in [6, 6.07) is 16.7. The zero-order valence-corrected chi connectivity index (χ0v) is 16.2. The summed E-state index contributed by atoms with van der Waals surface area (Å²) in [7, 11) is 0. The van der Waals surface area contributed by atoms with Crippen molar-refractivity contribution in [3.63, 3.8) is 0 Å². The molecular formula is C21H12ClF3N2OS. The number of nitrogens with zero attached hydrogens (tertiary/aromatic N) is 1. The quantitative estimate of drug-likeness (QED) is 0.383. The molecule has 0 bridgehead atoms. The number of anilines is 1. The lowest BCUT2D eigenvalue weighted by Crippen LogP contribution is -2.13. The first kappa shape index (κ1) is 19.4. The summed E-state index contributed by atoms with van der Waals surface area (Å²) in [6.45, 7) is 0. The number of carbonyl (C=O) groups is 1. The van der Waals surface area contributed by atoms with Crippen LogP contribution in [0.2, 0.25) is 5.02 Å². The molecule has 1 N–H and O–H groups in total. The van der Waals surface area contributed by atoms with Crippen LogP contribution in [-0.4, -0.2) is 10.9 Å². The van der Waals surface area contributed by atoms with Gasteiger partial charge in [-0.2, -0.15) is 13.2 Å². The molecule has 0 saturated carbocycles. The molecular weight excluding hydrogens is 421 g/mol. The van der Waals surface area contributed by atoms with Crippen molar-refractivity contribution in [2.24, 2.45) is 0 Å². The maximum absolute atomic E-state index is 12.7. The second-order valence-corrected chi connectivity index (χ2v) is 7.67. The minimum atomic E-state index is -4.46. The maximum atomic E-state index is 12.7. The minimum Gasteiger partial charge on any atom is -0.321 e. The van der Waals surface area contributed by atoms with E-state index in [0.29, 0.717) is 21.3 Å². The molecule has 3 aromatic carbocycles. The Morgan fingerprint density at radius 3 is 2.41 bits per heavy atom. The summed E-state index contributed by atoms with van der Waals surface area (Å²) in [5, 5.41) is 3.84. The number of fused-ring (bicyclic) bond motifs is 1. The van der Waals surface area contributed by atoms with Crippen LogP contribution in [-0.2, 0) is 6.18 Å². The van der Waals surface area contributed by atoms with Crippen LogP contribution in [0.3, 0.4) is 0 Å². The molecule has 0 aliphatic carbocycles. The standard InChI is InChI=1S/C21H12ClF3N2OS/c22-14-9-10-15(20-27-16-3-1-2-4-18(16)29-20)17(11-14)26-19(28)12-5-7-13(8-6-12)21(23,24)25/h1-11H,(H,26,28). The van der Waals surface area contributed by atoms with Gasteiger partial charge in [-0.05, 0) is 54.6 Å². The van der Waals surface area contributed by atoms with E-state index < -0.39 is 17.6 Å². The summed E-state index contributed by atoms with van der Waals surface area (Å²) in [4.78, 5) is 17.2. The fourth-order valence-corrected chi connectivity index (χ4v) is 3.98. The predicted molar refractivity (Wildman–Crippen MR) is 109 cm³/mol. The van der Waals surface area contributed by atoms with E-state index in [9.17, 15) is 18.0 Å². The van der Waals surface area contributed by atoms with Crippen LogP contribution in [0.25, 0.3) is 20.8 Å². The highest BCUT2D eigenvalue weighted by molar-refractivity contribution is 7.21. The summed E-state index contributed by atoms with van der Waals surface area (Å²) in [6.07, 6.45) is -4.46. The Balaban J connectivity index is 1.66. The summed E-state index contributed by atoms with van der Waals surface area (Å²) < 4.78 is 39.2. The van der Waals surface area contributed by atoms with E-state index in [1.165, 1.54) is 11.3 Å². The first-order chi connectivity index (χ1) is 13.8. The monoisotopic (exact) mass is 432 g/mol. The lowest BCUT2D eigenvalue weighted by atomic mass is 10.1. The number of hydrogen-bond acceptors (Lipinski definition) is 3. The Hall–Kier alpha value is -2.90. The maximum Gasteiger partial charge on any atom is 0.416 e. The van der Waals surface area contributed by atoms with Crippen LogP contribution >= 0.6 is 22.9 Å². The first-order valence-electron chi connectivity index (χ1n) is 8.45. The minimum absolute atomic E-state index is 0.105. The summed E-state index contributed by atoms with van der Waals surface area (Å²) in [5.74, 6) is -0.539. The lowest BCUT2D eigenvalue weighted by molar-refractivity contribution is -0.137. The number of rotatable bonds is 3. The first-order valence-corrected chi connectivity index (χ1v) is 9.65. The third-order valence-corrected chi connectivity index (χ3v) is 5.53. The van der Waals surface area contributed by atoms with Gasteiger partial charge in [-0.3, -0.25) is 4.79 Å². The van der Waals surface area contributed by atoms with Gasteiger partial charge >= 0.3 is 6.18 Å². The summed E-state index contributed by atoms with van der Waals surface area (Å²) in [5.41, 5.74) is 1.24. The third-order valence-electron chi connectivity index (χ3n) is 4.23. The molecule has 3 nitrogen and oxygen atoms in total. The smallest absolute Gasteiger partial charge is 0.321 e. The van der Waals surface area contributed by atoms with Crippen LogP contribution in [0.5, 0.6) is 0 Å². The van der Waals surface area contributed by atoms with Crippen molar-refractivity contribution in [2.45, 2.75) is 6.18 Å². The van der Waals surface area contributed by atoms with Crippen LogP contribution in [0.4, 0.5) is 18.9 Å². The number of halogens is 4. The Morgan fingerprint density at radius 1 is 1.00 bits per heavy atom. The van der Waals surface area contributed by atoms with Crippen LogP contribution in [0.1, 0.15) is 15.9 Å². The average Bonchev–Trinajstić information content (AvgIpc) is 3.11. The number of benzene rings is 3. The second-order valence-electron chi connectivity index (χ2n) is 6.21. The highest BCUT2D eigenvalue weighted by Crippen LogP contribution is 2.36. The highest BCUT2D eigenvalue weighted by atomic mass is 35.5. The Bertz CT molecular complexity index is 1170. The number of carbonyl (C=O) groups excluding carboxylic acids is 1. The van der Waals surface area contributed by atoms with Crippen molar-refractivity contribution in [1.29, 1.82) is 0 Å². The van der Waals surface area contributed by atoms with Gasteiger partial charge in [-0.1, -0.05) is 23.7 Å². The number of hydrogen-bond donors (Lipinski definition) is 1. The molecule has 0 unspecified atom stereocenters. The molecule has 146 valence electrons. The number of nitrogens with one attached hydrogen (secondary N) is 1.